The van der Waals surface area contributed by atoms with Gasteiger partial charge in [0, 0.05) is 38.7 Å². The van der Waals surface area contributed by atoms with Gasteiger partial charge in [-0.1, -0.05) is 0 Å². The molecular formula is C7H14NOPa-. The van der Waals surface area contributed by atoms with E-state index in [1.165, 1.54) is 0 Å². The van der Waals surface area contributed by atoms with Gasteiger partial charge in [-0.2, -0.15) is 0 Å². The molecule has 10 heavy (non-hydrogen) atoms. The number of rotatable bonds is 3. The summed E-state index contributed by atoms with van der Waals surface area (Å²) in [6, 6.07) is 0. The van der Waals surface area contributed by atoms with E-state index in [0.717, 1.165) is 0 Å². The van der Waals surface area contributed by atoms with Gasteiger partial charge in [-0.25, -0.2) is 0 Å². The molecule has 0 saturated heterocycles. The van der Waals surface area contributed by atoms with Crippen LogP contribution in [0.1, 0.15) is 27.2 Å². The summed E-state index contributed by atoms with van der Waals surface area (Å²) >= 11 is 0. The Hall–Kier alpha value is 0.721. The zero-order chi connectivity index (χ0) is 7.49. The van der Waals surface area contributed by atoms with E-state index < -0.39 is 0 Å². The first-order valence-corrected chi connectivity index (χ1v) is 3.01. The maximum absolute atomic E-state index is 10.6. The Labute approximate surface area is 87.6 Å². The number of Topliss-reactive ketones (excluding diaryl/α,β-unsaturated/α-hetero) is 1. The third-order valence-corrected chi connectivity index (χ3v) is 1.17. The van der Waals surface area contributed by atoms with E-state index >= 15 is 0 Å². The molecule has 0 fully saturated rings. The van der Waals surface area contributed by atoms with Gasteiger partial charge in [0.25, 0.3) is 0 Å². The molecule has 0 saturated carbocycles. The van der Waals surface area contributed by atoms with Crippen molar-refractivity contribution in [2.75, 3.05) is 0 Å². The van der Waals surface area contributed by atoms with Crippen LogP contribution in [0.25, 0.3) is 0 Å². The standard InChI is InChI=1S/C7H14NO.Pa/c1-6(9)5-7(2,3)8-4;/h8H,4-5H2,1-3H3;/q-1;. The van der Waals surface area contributed by atoms with Crippen molar-refractivity contribution < 1.29 is 37.1 Å². The van der Waals surface area contributed by atoms with Crippen molar-refractivity contribution >= 4 is 5.78 Å². The molecule has 0 amide bonds. The molecule has 0 aliphatic heterocycles. The van der Waals surface area contributed by atoms with Gasteiger partial charge in [0.2, 0.25) is 0 Å². The molecule has 0 spiro atoms. The Morgan fingerprint density at radius 2 is 2.00 bits per heavy atom. The fourth-order valence-corrected chi connectivity index (χ4v) is 0.685. The molecule has 0 bridgehead atoms. The van der Waals surface area contributed by atoms with E-state index in [1.807, 2.05) is 13.8 Å². The Morgan fingerprint density at radius 1 is 1.60 bits per heavy atom. The van der Waals surface area contributed by atoms with E-state index in [-0.39, 0.29) is 43.6 Å². The smallest absolute Gasteiger partial charge is 0.131 e. The van der Waals surface area contributed by atoms with Gasteiger partial charge < -0.3 is 5.32 Å². The molecule has 2 nitrogen and oxygen atoms in total. The number of nitrogens with one attached hydrogen (secondary N) is 1. The van der Waals surface area contributed by atoms with Gasteiger partial charge in [0.05, 0.1) is 0 Å². The Balaban J connectivity index is 0. The third-order valence-electron chi connectivity index (χ3n) is 1.17. The fourth-order valence-electron chi connectivity index (χ4n) is 0.685. The summed E-state index contributed by atoms with van der Waals surface area (Å²) in [5, 5.41) is 2.80. The normalized spacial score (nSPS) is 10.4. The van der Waals surface area contributed by atoms with Gasteiger partial charge in [-0.05, 0) is 26.3 Å². The Kier molecular flexibility index (Phi) is 7.17. The largest absolute Gasteiger partial charge is 0.468 e. The topological polar surface area (TPSA) is 29.1 Å². The van der Waals surface area contributed by atoms with Crippen LogP contribution in [0.15, 0.2) is 0 Å². The summed E-state index contributed by atoms with van der Waals surface area (Å²) in [6.45, 7) is 5.47. The third kappa shape index (κ3) is 6.84. The van der Waals surface area contributed by atoms with Crippen LogP contribution in [0.3, 0.4) is 0 Å². The minimum absolute atomic E-state index is 0. The van der Waals surface area contributed by atoms with Gasteiger partial charge >= 0.3 is 0 Å². The monoisotopic (exact) mass is 359 g/mol. The first-order chi connectivity index (χ1) is 3.98. The summed E-state index contributed by atoms with van der Waals surface area (Å²) < 4.78 is 0. The van der Waals surface area contributed by atoms with Crippen LogP contribution in [0.5, 0.6) is 0 Å². The minimum atomic E-state index is -0.147. The first-order valence-electron chi connectivity index (χ1n) is 3.01. The quantitative estimate of drug-likeness (QED) is 0.766. The average molecular weight is 359 g/mol. The zero-order valence-corrected chi connectivity index (χ0v) is 11.7. The predicted molar refractivity (Wildman–Crippen MR) is 37.9 cm³/mol. The second kappa shape index (κ2) is 5.38. The summed E-state index contributed by atoms with van der Waals surface area (Å²) in [7, 11) is 3.51. The van der Waals surface area contributed by atoms with Crippen molar-refractivity contribution in [3.8, 4) is 0 Å². The molecular weight excluding hydrogens is 345 g/mol. The van der Waals surface area contributed by atoms with Crippen LogP contribution < -0.4 is 5.32 Å². The molecule has 0 rings (SSSR count). The molecule has 1 radical (unpaired) electrons. The van der Waals surface area contributed by atoms with Crippen LogP contribution in [0.2, 0.25) is 0 Å². The van der Waals surface area contributed by atoms with Crippen LogP contribution in [0, 0.1) is 39.4 Å². The van der Waals surface area contributed by atoms with Crippen molar-refractivity contribution in [2.24, 2.45) is 0 Å². The van der Waals surface area contributed by atoms with Crippen molar-refractivity contribution in [2.45, 2.75) is 32.7 Å². The Bertz CT molecular complexity index is 112. The predicted octanol–water partition coefficient (Wildman–Crippen LogP) is 1.13. The number of carbonyl (C=O) groups excluding carboxylic acids is 1. The SMILES string of the molecule is [CH2-]NC(C)(C)CC(C)=O.[Pa]. The van der Waals surface area contributed by atoms with Crippen molar-refractivity contribution in [1.82, 2.24) is 5.32 Å². The minimum Gasteiger partial charge on any atom is -0.468 e. The van der Waals surface area contributed by atoms with Crippen LogP contribution in [-0.2, 0) is 4.79 Å². The van der Waals surface area contributed by atoms with Gasteiger partial charge in [0.15, 0.2) is 0 Å². The molecule has 0 aliphatic rings. The maximum atomic E-state index is 10.6. The summed E-state index contributed by atoms with van der Waals surface area (Å²) in [6.07, 6.45) is 0.538. The number of ketones is 1. The number of hydrogen-bond donors (Lipinski definition) is 1. The van der Waals surface area contributed by atoms with Crippen LogP contribution in [0.4, 0.5) is 0 Å². The number of hydrogen-bond acceptors (Lipinski definition) is 2. The number of carbonyl (C=O) groups is 1. The second-order valence-electron chi connectivity index (χ2n) is 2.94. The molecule has 3 heteroatoms. The van der Waals surface area contributed by atoms with Gasteiger partial charge in [-0.3, -0.25) is 11.8 Å². The van der Waals surface area contributed by atoms with Gasteiger partial charge in [0.1, 0.15) is 5.78 Å². The van der Waals surface area contributed by atoms with Crippen molar-refractivity contribution in [1.29, 1.82) is 0 Å². The van der Waals surface area contributed by atoms with E-state index in [1.54, 1.807) is 6.92 Å². The summed E-state index contributed by atoms with van der Waals surface area (Å²) in [4.78, 5) is 10.6. The second-order valence-corrected chi connectivity index (χ2v) is 2.94. The van der Waals surface area contributed by atoms with Gasteiger partial charge in [-0.15, -0.1) is 0 Å². The molecule has 1 N–H and O–H groups in total. The van der Waals surface area contributed by atoms with Crippen LogP contribution >= 0.6 is 0 Å². The van der Waals surface area contributed by atoms with E-state index in [9.17, 15) is 4.79 Å². The molecule has 0 unspecified atom stereocenters. The first kappa shape index (κ1) is 13.3. The Morgan fingerprint density at radius 3 is 2.10 bits per heavy atom. The molecule has 0 atom stereocenters. The fraction of sp³-hybridized carbons (Fsp3) is 0.714. The van der Waals surface area contributed by atoms with E-state index in [4.69, 9.17) is 0 Å². The van der Waals surface area contributed by atoms with Crippen molar-refractivity contribution in [3.63, 3.8) is 0 Å². The molecule has 0 aliphatic carbocycles. The zero-order valence-electron chi connectivity index (χ0n) is 6.90. The average Bonchev–Trinajstić information content (AvgIpc) is 1.63. The molecule has 0 aromatic heterocycles. The van der Waals surface area contributed by atoms with E-state index in [2.05, 4.69) is 12.4 Å². The van der Waals surface area contributed by atoms with Crippen LogP contribution in [-0.4, -0.2) is 11.3 Å². The maximum Gasteiger partial charge on any atom is 0.131 e. The molecule has 0 aromatic rings. The molecule has 0 heterocycles. The van der Waals surface area contributed by atoms with Crippen molar-refractivity contribution in [3.05, 3.63) is 7.05 Å². The summed E-state index contributed by atoms with van der Waals surface area (Å²) in [5.74, 6) is 0.191. The van der Waals surface area contributed by atoms with E-state index in [0.29, 0.717) is 6.42 Å². The molecule has 0 aromatic carbocycles. The summed E-state index contributed by atoms with van der Waals surface area (Å²) in [5.41, 5.74) is -0.147. The molecule has 57 valence electrons.